The Morgan fingerprint density at radius 3 is 2.79 bits per heavy atom. The normalized spacial score (nSPS) is 18.3. The van der Waals surface area contributed by atoms with Gasteiger partial charge in [0.25, 0.3) is 0 Å². The van der Waals surface area contributed by atoms with Crippen LogP contribution in [0.4, 0.5) is 5.69 Å². The van der Waals surface area contributed by atoms with Crippen LogP contribution in [0.2, 0.25) is 0 Å². The number of nitrogens with zero attached hydrogens (tertiary/aromatic N) is 2. The second-order valence-corrected chi connectivity index (χ2v) is 4.38. The van der Waals surface area contributed by atoms with Crippen LogP contribution in [-0.4, -0.2) is 11.4 Å². The number of ether oxygens (including phenoxy) is 1. The molecule has 2 aromatic rings. The number of hydrogen-bond acceptors (Lipinski definition) is 4. The molecule has 0 saturated heterocycles. The van der Waals surface area contributed by atoms with Crippen LogP contribution in [0.1, 0.15) is 25.5 Å². The second kappa shape index (κ2) is 5.18. The molecule has 19 heavy (non-hydrogen) atoms. The van der Waals surface area contributed by atoms with Gasteiger partial charge in [0.2, 0.25) is 5.76 Å². The highest BCUT2D eigenvalue weighted by atomic mass is 16.5. The van der Waals surface area contributed by atoms with Gasteiger partial charge in [-0.1, -0.05) is 36.7 Å². The van der Waals surface area contributed by atoms with Gasteiger partial charge in [-0.2, -0.15) is 0 Å². The molecular weight excluding hydrogens is 240 g/mol. The lowest BCUT2D eigenvalue weighted by atomic mass is 10.2. The number of benzene rings is 1. The maximum Gasteiger partial charge on any atom is 0.203 e. The van der Waals surface area contributed by atoms with E-state index in [1.54, 1.807) is 12.3 Å². The minimum absolute atomic E-state index is 0.0347. The molecule has 4 heteroatoms. The Morgan fingerprint density at radius 2 is 2.11 bits per heavy atom. The smallest absolute Gasteiger partial charge is 0.203 e. The molecule has 1 aliphatic heterocycles. The zero-order valence-corrected chi connectivity index (χ0v) is 10.7. The summed E-state index contributed by atoms with van der Waals surface area (Å²) in [6.07, 6.45) is 6.78. The Hall–Kier alpha value is -2.23. The van der Waals surface area contributed by atoms with Gasteiger partial charge >= 0.3 is 0 Å². The van der Waals surface area contributed by atoms with Crippen molar-refractivity contribution in [3.8, 4) is 0 Å². The van der Waals surface area contributed by atoms with Crippen molar-refractivity contribution in [2.45, 2.75) is 26.0 Å². The molecule has 3 rings (SSSR count). The van der Waals surface area contributed by atoms with Gasteiger partial charge in [-0.15, -0.1) is 0 Å². The Bertz CT molecular complexity index is 549. The summed E-state index contributed by atoms with van der Waals surface area (Å²) in [6, 6.07) is 11.9. The third-order valence-electron chi connectivity index (χ3n) is 3.00. The van der Waals surface area contributed by atoms with Crippen LogP contribution in [0.25, 0.3) is 5.76 Å². The fourth-order valence-electron chi connectivity index (χ4n) is 2.10. The summed E-state index contributed by atoms with van der Waals surface area (Å²) in [5.74, 6) is 1.22. The van der Waals surface area contributed by atoms with Crippen LogP contribution in [0, 0.1) is 6.20 Å². The number of aromatic nitrogens is 1. The van der Waals surface area contributed by atoms with Crippen molar-refractivity contribution < 1.29 is 9.26 Å². The summed E-state index contributed by atoms with van der Waals surface area (Å²) < 4.78 is 11.0. The number of hydrogen-bond donors (Lipinski definition) is 0. The van der Waals surface area contributed by atoms with Gasteiger partial charge in [0.1, 0.15) is 6.20 Å². The standard InChI is InChI=1S/C15H15N2O2/c1-2-6-15-17(12-7-4-3-5-8-12)11-14(18-15)13-9-10-16-19-13/h3-5,7-10,15H,2,6H2,1H3. The first kappa shape index (κ1) is 11.8. The summed E-state index contributed by atoms with van der Waals surface area (Å²) in [5.41, 5.74) is 1.07. The molecule has 0 amide bonds. The zero-order chi connectivity index (χ0) is 13.1. The minimum atomic E-state index is -0.0347. The van der Waals surface area contributed by atoms with E-state index in [1.807, 2.05) is 35.2 Å². The maximum atomic E-state index is 5.91. The second-order valence-electron chi connectivity index (χ2n) is 4.38. The lowest BCUT2D eigenvalue weighted by molar-refractivity contribution is 0.174. The molecule has 0 spiro atoms. The van der Waals surface area contributed by atoms with Crippen LogP contribution in [0.3, 0.4) is 0 Å². The fourth-order valence-corrected chi connectivity index (χ4v) is 2.10. The molecule has 1 aromatic heterocycles. The molecule has 0 saturated carbocycles. The van der Waals surface area contributed by atoms with Crippen molar-refractivity contribution in [3.63, 3.8) is 0 Å². The van der Waals surface area contributed by atoms with E-state index in [2.05, 4.69) is 18.3 Å². The van der Waals surface area contributed by atoms with E-state index in [-0.39, 0.29) is 6.23 Å². The summed E-state index contributed by atoms with van der Waals surface area (Å²) in [6.45, 7) is 2.14. The van der Waals surface area contributed by atoms with Crippen LogP contribution in [-0.2, 0) is 4.74 Å². The highest BCUT2D eigenvalue weighted by Crippen LogP contribution is 2.32. The van der Waals surface area contributed by atoms with Gasteiger partial charge in [0.15, 0.2) is 12.0 Å². The number of anilines is 1. The highest BCUT2D eigenvalue weighted by molar-refractivity contribution is 5.62. The average Bonchev–Trinajstić information content (AvgIpc) is 3.08. The molecule has 0 aliphatic carbocycles. The highest BCUT2D eigenvalue weighted by Gasteiger charge is 2.29. The Kier molecular flexibility index (Phi) is 3.23. The van der Waals surface area contributed by atoms with Gasteiger partial charge in [-0.3, -0.25) is 0 Å². The number of para-hydroxylation sites is 1. The molecule has 1 radical (unpaired) electrons. The van der Waals surface area contributed by atoms with Crippen LogP contribution in [0.15, 0.2) is 47.1 Å². The number of rotatable bonds is 4. The van der Waals surface area contributed by atoms with Gasteiger partial charge in [0, 0.05) is 18.2 Å². The van der Waals surface area contributed by atoms with Gasteiger partial charge in [0.05, 0.1) is 6.20 Å². The van der Waals surface area contributed by atoms with Gasteiger partial charge < -0.3 is 14.2 Å². The van der Waals surface area contributed by atoms with E-state index in [4.69, 9.17) is 9.26 Å². The molecule has 1 aliphatic rings. The zero-order valence-electron chi connectivity index (χ0n) is 10.7. The SMILES string of the molecule is CCCC1OC(c2ccno2)=[C]N1c1ccccc1. The third kappa shape index (κ3) is 2.34. The molecule has 2 heterocycles. The first-order valence-electron chi connectivity index (χ1n) is 6.44. The van der Waals surface area contributed by atoms with Crippen molar-refractivity contribution in [3.05, 3.63) is 54.6 Å². The molecule has 0 N–H and O–H groups in total. The molecular formula is C15H15N2O2. The fraction of sp³-hybridized carbons (Fsp3) is 0.267. The molecule has 1 unspecified atom stereocenters. The lowest BCUT2D eigenvalue weighted by Gasteiger charge is -2.23. The maximum absolute atomic E-state index is 5.91. The van der Waals surface area contributed by atoms with E-state index < -0.39 is 0 Å². The van der Waals surface area contributed by atoms with E-state index in [0.29, 0.717) is 11.5 Å². The largest absolute Gasteiger partial charge is 0.464 e. The summed E-state index contributed by atoms with van der Waals surface area (Å²) in [7, 11) is 0. The Morgan fingerprint density at radius 1 is 1.26 bits per heavy atom. The monoisotopic (exact) mass is 255 g/mol. The summed E-state index contributed by atoms with van der Waals surface area (Å²) >= 11 is 0. The van der Waals surface area contributed by atoms with Crippen LogP contribution < -0.4 is 4.90 Å². The van der Waals surface area contributed by atoms with E-state index in [9.17, 15) is 0 Å². The van der Waals surface area contributed by atoms with E-state index in [0.717, 1.165) is 18.5 Å². The molecule has 1 atom stereocenters. The first-order valence-corrected chi connectivity index (χ1v) is 6.44. The summed E-state index contributed by atoms with van der Waals surface area (Å²) in [4.78, 5) is 2.02. The van der Waals surface area contributed by atoms with Crippen LogP contribution in [0.5, 0.6) is 0 Å². The quantitative estimate of drug-likeness (QED) is 0.838. The predicted molar refractivity (Wildman–Crippen MR) is 71.9 cm³/mol. The van der Waals surface area contributed by atoms with Crippen molar-refractivity contribution in [2.24, 2.45) is 0 Å². The van der Waals surface area contributed by atoms with Gasteiger partial charge in [-0.05, 0) is 12.1 Å². The third-order valence-corrected chi connectivity index (χ3v) is 3.00. The first-order chi connectivity index (χ1) is 9.38. The van der Waals surface area contributed by atoms with Crippen molar-refractivity contribution in [2.75, 3.05) is 4.90 Å². The van der Waals surface area contributed by atoms with Crippen molar-refractivity contribution in [1.29, 1.82) is 0 Å². The minimum Gasteiger partial charge on any atom is -0.464 e. The Balaban J connectivity index is 1.90. The summed E-state index contributed by atoms with van der Waals surface area (Å²) in [5, 5.41) is 3.70. The van der Waals surface area contributed by atoms with Crippen molar-refractivity contribution >= 4 is 11.4 Å². The molecule has 97 valence electrons. The van der Waals surface area contributed by atoms with E-state index in [1.165, 1.54) is 0 Å². The van der Waals surface area contributed by atoms with Crippen molar-refractivity contribution in [1.82, 2.24) is 5.16 Å². The van der Waals surface area contributed by atoms with E-state index >= 15 is 0 Å². The average molecular weight is 255 g/mol. The Labute approximate surface area is 112 Å². The topological polar surface area (TPSA) is 38.5 Å². The molecule has 4 nitrogen and oxygen atoms in total. The molecule has 1 aromatic carbocycles. The van der Waals surface area contributed by atoms with Crippen LogP contribution >= 0.6 is 0 Å². The lowest BCUT2D eigenvalue weighted by Crippen LogP contribution is -2.27. The molecule has 0 fully saturated rings. The predicted octanol–water partition coefficient (Wildman–Crippen LogP) is 3.44. The van der Waals surface area contributed by atoms with Gasteiger partial charge in [-0.25, -0.2) is 0 Å². The molecule has 0 bridgehead atoms.